The first-order valence-corrected chi connectivity index (χ1v) is 9.19. The summed E-state index contributed by atoms with van der Waals surface area (Å²) >= 11 is 0. The van der Waals surface area contributed by atoms with Gasteiger partial charge in [-0.1, -0.05) is 0 Å². The van der Waals surface area contributed by atoms with Crippen LogP contribution in [-0.2, 0) is 9.47 Å². The van der Waals surface area contributed by atoms with Crippen molar-refractivity contribution in [2.45, 2.75) is 6.92 Å². The number of carbonyl (C=O) groups excluding carboxylic acids is 2. The molecule has 2 aromatic rings. The number of esters is 1. The zero-order chi connectivity index (χ0) is 20.8. The third kappa shape index (κ3) is 4.88. The molecule has 9 heteroatoms. The number of non-ortho nitro benzene ring substituents is 1. The minimum atomic E-state index is -0.534. The minimum Gasteiger partial charge on any atom is -0.462 e. The van der Waals surface area contributed by atoms with Crippen LogP contribution in [0.3, 0.4) is 0 Å². The third-order valence-corrected chi connectivity index (χ3v) is 4.44. The van der Waals surface area contributed by atoms with E-state index in [4.69, 9.17) is 9.47 Å². The fourth-order valence-corrected chi connectivity index (χ4v) is 3.00. The van der Waals surface area contributed by atoms with E-state index in [0.717, 1.165) is 0 Å². The van der Waals surface area contributed by atoms with Gasteiger partial charge in [0.15, 0.2) is 0 Å². The number of carbonyl (C=O) groups is 2. The third-order valence-electron chi connectivity index (χ3n) is 4.44. The van der Waals surface area contributed by atoms with Gasteiger partial charge in [0.25, 0.3) is 11.6 Å². The summed E-state index contributed by atoms with van der Waals surface area (Å²) < 4.78 is 10.3. The predicted octanol–water partition coefficient (Wildman–Crippen LogP) is 2.86. The van der Waals surface area contributed by atoms with Crippen LogP contribution in [0, 0.1) is 10.1 Å². The van der Waals surface area contributed by atoms with Crippen molar-refractivity contribution >= 4 is 28.9 Å². The predicted molar refractivity (Wildman–Crippen MR) is 106 cm³/mol. The Morgan fingerprint density at radius 1 is 1.17 bits per heavy atom. The molecule has 0 saturated carbocycles. The van der Waals surface area contributed by atoms with E-state index in [1.165, 1.54) is 12.1 Å². The smallest absolute Gasteiger partial charge is 0.338 e. The van der Waals surface area contributed by atoms with Gasteiger partial charge in [-0.2, -0.15) is 0 Å². The summed E-state index contributed by atoms with van der Waals surface area (Å²) in [7, 11) is 0. The van der Waals surface area contributed by atoms with E-state index in [1.54, 1.807) is 37.3 Å². The summed E-state index contributed by atoms with van der Waals surface area (Å²) in [6, 6.07) is 10.5. The van der Waals surface area contributed by atoms with Gasteiger partial charge in [0, 0.05) is 30.9 Å². The molecule has 1 saturated heterocycles. The van der Waals surface area contributed by atoms with Gasteiger partial charge in [-0.25, -0.2) is 4.79 Å². The number of amides is 1. The van der Waals surface area contributed by atoms with Crippen molar-refractivity contribution in [3.63, 3.8) is 0 Å². The molecule has 0 unspecified atom stereocenters. The summed E-state index contributed by atoms with van der Waals surface area (Å²) in [4.78, 5) is 37.2. The van der Waals surface area contributed by atoms with Gasteiger partial charge in [0.1, 0.15) is 0 Å². The van der Waals surface area contributed by atoms with Crippen molar-refractivity contribution in [1.29, 1.82) is 0 Å². The van der Waals surface area contributed by atoms with Crippen LogP contribution < -0.4 is 10.2 Å². The molecule has 0 radical (unpaired) electrons. The number of nitro groups is 1. The van der Waals surface area contributed by atoms with Gasteiger partial charge in [0.05, 0.1) is 41.6 Å². The van der Waals surface area contributed by atoms with E-state index in [2.05, 4.69) is 5.32 Å². The zero-order valence-electron chi connectivity index (χ0n) is 15.9. The zero-order valence-corrected chi connectivity index (χ0v) is 15.9. The standard InChI is InChI=1S/C20H21N3O6/c1-2-29-20(25)14-3-5-15(6-4-14)21-19(24)17-13-16(23(26)27)7-8-18(17)22-9-11-28-12-10-22/h3-8,13H,2,9-12H2,1H3,(H,21,24). The van der Waals surface area contributed by atoms with Crippen LogP contribution in [0.25, 0.3) is 0 Å². The van der Waals surface area contributed by atoms with Gasteiger partial charge in [0.2, 0.25) is 0 Å². The lowest BCUT2D eigenvalue weighted by Gasteiger charge is -2.30. The molecule has 1 heterocycles. The fourth-order valence-electron chi connectivity index (χ4n) is 3.00. The molecule has 2 aromatic carbocycles. The number of nitrogens with one attached hydrogen (secondary N) is 1. The van der Waals surface area contributed by atoms with Crippen LogP contribution in [0.15, 0.2) is 42.5 Å². The lowest BCUT2D eigenvalue weighted by atomic mass is 10.1. The van der Waals surface area contributed by atoms with Gasteiger partial charge in [-0.3, -0.25) is 14.9 Å². The molecule has 0 aliphatic carbocycles. The number of benzene rings is 2. The van der Waals surface area contributed by atoms with Crippen LogP contribution in [0.2, 0.25) is 0 Å². The summed E-state index contributed by atoms with van der Waals surface area (Å²) in [6.07, 6.45) is 0. The van der Waals surface area contributed by atoms with Crippen LogP contribution in [0.4, 0.5) is 17.1 Å². The van der Waals surface area contributed by atoms with Crippen LogP contribution >= 0.6 is 0 Å². The Morgan fingerprint density at radius 2 is 1.86 bits per heavy atom. The van der Waals surface area contributed by atoms with E-state index >= 15 is 0 Å². The molecule has 1 N–H and O–H groups in total. The maximum atomic E-state index is 12.9. The number of nitrogens with zero attached hydrogens (tertiary/aromatic N) is 2. The first-order chi connectivity index (χ1) is 14.0. The number of anilines is 2. The van der Waals surface area contributed by atoms with Crippen LogP contribution in [0.1, 0.15) is 27.6 Å². The Morgan fingerprint density at radius 3 is 2.48 bits per heavy atom. The van der Waals surface area contributed by atoms with E-state index in [0.29, 0.717) is 43.2 Å². The molecule has 0 atom stereocenters. The summed E-state index contributed by atoms with van der Waals surface area (Å²) in [6.45, 7) is 4.21. The normalized spacial score (nSPS) is 13.6. The Balaban J connectivity index is 1.84. The highest BCUT2D eigenvalue weighted by Crippen LogP contribution is 2.27. The van der Waals surface area contributed by atoms with Crippen molar-refractivity contribution < 1.29 is 24.0 Å². The molecular formula is C20H21N3O6. The molecule has 1 amide bonds. The molecule has 29 heavy (non-hydrogen) atoms. The molecule has 0 spiro atoms. The molecule has 9 nitrogen and oxygen atoms in total. The van der Waals surface area contributed by atoms with E-state index in [-0.39, 0.29) is 17.9 Å². The average Bonchev–Trinajstić information content (AvgIpc) is 2.74. The summed E-state index contributed by atoms with van der Waals surface area (Å²) in [5, 5.41) is 13.9. The lowest BCUT2D eigenvalue weighted by molar-refractivity contribution is -0.384. The quantitative estimate of drug-likeness (QED) is 0.452. The van der Waals surface area contributed by atoms with Gasteiger partial charge in [-0.05, 0) is 37.3 Å². The second-order valence-electron chi connectivity index (χ2n) is 6.31. The van der Waals surface area contributed by atoms with E-state index < -0.39 is 16.8 Å². The molecule has 0 bridgehead atoms. The Hall–Kier alpha value is -3.46. The number of ether oxygens (including phenoxy) is 2. The van der Waals surface area contributed by atoms with Crippen molar-refractivity contribution in [2.75, 3.05) is 43.1 Å². The van der Waals surface area contributed by atoms with Crippen molar-refractivity contribution in [3.8, 4) is 0 Å². The second-order valence-corrected chi connectivity index (χ2v) is 6.31. The maximum Gasteiger partial charge on any atom is 0.338 e. The first kappa shape index (κ1) is 20.3. The lowest BCUT2D eigenvalue weighted by Crippen LogP contribution is -2.37. The maximum absolute atomic E-state index is 12.9. The molecule has 1 aliphatic rings. The van der Waals surface area contributed by atoms with E-state index in [1.807, 2.05) is 4.90 Å². The Labute approximate surface area is 167 Å². The van der Waals surface area contributed by atoms with Crippen LogP contribution in [0.5, 0.6) is 0 Å². The number of morpholine rings is 1. The van der Waals surface area contributed by atoms with Gasteiger partial charge >= 0.3 is 5.97 Å². The van der Waals surface area contributed by atoms with Crippen molar-refractivity contribution in [3.05, 3.63) is 63.7 Å². The molecule has 1 fully saturated rings. The number of nitro benzene ring substituents is 1. The van der Waals surface area contributed by atoms with E-state index in [9.17, 15) is 19.7 Å². The van der Waals surface area contributed by atoms with Crippen LogP contribution in [-0.4, -0.2) is 49.7 Å². The fraction of sp³-hybridized carbons (Fsp3) is 0.300. The number of rotatable bonds is 6. The monoisotopic (exact) mass is 399 g/mol. The van der Waals surface area contributed by atoms with Crippen molar-refractivity contribution in [2.24, 2.45) is 0 Å². The largest absolute Gasteiger partial charge is 0.462 e. The average molecular weight is 399 g/mol. The molecule has 1 aliphatic heterocycles. The van der Waals surface area contributed by atoms with Gasteiger partial charge in [-0.15, -0.1) is 0 Å². The highest BCUT2D eigenvalue weighted by molar-refractivity contribution is 6.08. The number of hydrogen-bond acceptors (Lipinski definition) is 7. The minimum absolute atomic E-state index is 0.162. The highest BCUT2D eigenvalue weighted by atomic mass is 16.6. The molecule has 152 valence electrons. The number of hydrogen-bond donors (Lipinski definition) is 1. The molecular weight excluding hydrogens is 378 g/mol. The first-order valence-electron chi connectivity index (χ1n) is 9.19. The Kier molecular flexibility index (Phi) is 6.40. The SMILES string of the molecule is CCOC(=O)c1ccc(NC(=O)c2cc([N+](=O)[O-])ccc2N2CCOCC2)cc1. The highest BCUT2D eigenvalue weighted by Gasteiger charge is 2.22. The molecule has 0 aromatic heterocycles. The molecule has 3 rings (SSSR count). The topological polar surface area (TPSA) is 111 Å². The van der Waals surface area contributed by atoms with Gasteiger partial charge < -0.3 is 19.7 Å². The Bertz CT molecular complexity index is 907. The summed E-state index contributed by atoms with van der Waals surface area (Å²) in [5.74, 6) is -0.919. The summed E-state index contributed by atoms with van der Waals surface area (Å²) in [5.41, 5.74) is 1.48. The second kappa shape index (κ2) is 9.16. The van der Waals surface area contributed by atoms with Crippen molar-refractivity contribution in [1.82, 2.24) is 0 Å².